The largest absolute Gasteiger partial charge is 0.323 e. The van der Waals surface area contributed by atoms with Crippen molar-refractivity contribution in [1.82, 2.24) is 10.3 Å². The third kappa shape index (κ3) is 3.91. The summed E-state index contributed by atoms with van der Waals surface area (Å²) in [6, 6.07) is 8.46. The smallest absolute Gasteiger partial charge is 0.0937 e. The van der Waals surface area contributed by atoms with Gasteiger partial charge in [-0.15, -0.1) is 11.3 Å². The van der Waals surface area contributed by atoms with Crippen LogP contribution in [-0.4, -0.2) is 18.1 Å². The fourth-order valence-electron chi connectivity index (χ4n) is 1.76. The number of nitrogens with two attached hydrogens (primary N) is 1. The molecule has 1 aromatic carbocycles. The van der Waals surface area contributed by atoms with Crippen LogP contribution in [-0.2, 0) is 6.42 Å². The number of thiazole rings is 1. The van der Waals surface area contributed by atoms with Crippen LogP contribution in [0.2, 0.25) is 0 Å². The van der Waals surface area contributed by atoms with E-state index in [-0.39, 0.29) is 6.04 Å². The molecule has 1 heterocycles. The molecule has 1 aromatic heterocycles. The first kappa shape index (κ1) is 13.2. The van der Waals surface area contributed by atoms with Crippen molar-refractivity contribution in [2.75, 3.05) is 13.1 Å². The van der Waals surface area contributed by atoms with Crippen molar-refractivity contribution in [3.63, 3.8) is 0 Å². The summed E-state index contributed by atoms with van der Waals surface area (Å²) < 4.78 is 0. The van der Waals surface area contributed by atoms with Crippen LogP contribution >= 0.6 is 11.3 Å². The van der Waals surface area contributed by atoms with E-state index in [0.717, 1.165) is 19.5 Å². The highest BCUT2D eigenvalue weighted by Gasteiger charge is 2.04. The third-order valence-electron chi connectivity index (χ3n) is 2.87. The molecule has 0 saturated heterocycles. The molecule has 0 aliphatic carbocycles. The highest BCUT2D eigenvalue weighted by molar-refractivity contribution is 7.09. The van der Waals surface area contributed by atoms with Crippen LogP contribution in [0.15, 0.2) is 35.8 Å². The Hall–Kier alpha value is -1.23. The molecule has 0 saturated carbocycles. The highest BCUT2D eigenvalue weighted by Crippen LogP contribution is 2.10. The second-order valence-electron chi connectivity index (χ2n) is 4.40. The molecular formula is C14H19N3S. The first-order chi connectivity index (χ1) is 8.75. The molecule has 4 heteroatoms. The van der Waals surface area contributed by atoms with Crippen LogP contribution in [0.1, 0.15) is 22.2 Å². The minimum atomic E-state index is 0.0573. The molecule has 3 N–H and O–H groups in total. The molecule has 0 aliphatic rings. The zero-order valence-electron chi connectivity index (χ0n) is 10.6. The van der Waals surface area contributed by atoms with Gasteiger partial charge in [0.25, 0.3) is 0 Å². The average Bonchev–Trinajstić information content (AvgIpc) is 2.88. The molecule has 0 spiro atoms. The zero-order chi connectivity index (χ0) is 12.8. The van der Waals surface area contributed by atoms with Gasteiger partial charge in [0, 0.05) is 37.1 Å². The SMILES string of the molecule is Cc1ccc(C(N)CNCCc2nccs2)cc1. The zero-order valence-corrected chi connectivity index (χ0v) is 11.4. The van der Waals surface area contributed by atoms with Gasteiger partial charge in [-0.25, -0.2) is 4.98 Å². The van der Waals surface area contributed by atoms with E-state index in [2.05, 4.69) is 41.5 Å². The summed E-state index contributed by atoms with van der Waals surface area (Å²) in [5.74, 6) is 0. The van der Waals surface area contributed by atoms with Crippen molar-refractivity contribution in [2.45, 2.75) is 19.4 Å². The molecule has 18 heavy (non-hydrogen) atoms. The first-order valence-electron chi connectivity index (χ1n) is 6.17. The van der Waals surface area contributed by atoms with Crippen LogP contribution in [0.4, 0.5) is 0 Å². The number of aryl methyl sites for hydroxylation is 1. The summed E-state index contributed by atoms with van der Waals surface area (Å²) in [7, 11) is 0. The lowest BCUT2D eigenvalue weighted by Gasteiger charge is -2.13. The van der Waals surface area contributed by atoms with E-state index in [0.29, 0.717) is 0 Å². The van der Waals surface area contributed by atoms with Gasteiger partial charge in [-0.1, -0.05) is 29.8 Å². The van der Waals surface area contributed by atoms with Crippen molar-refractivity contribution < 1.29 is 0 Å². The van der Waals surface area contributed by atoms with E-state index in [4.69, 9.17) is 5.73 Å². The van der Waals surface area contributed by atoms with Crippen molar-refractivity contribution in [1.29, 1.82) is 0 Å². The highest BCUT2D eigenvalue weighted by atomic mass is 32.1. The molecule has 0 radical (unpaired) electrons. The van der Waals surface area contributed by atoms with Crippen LogP contribution in [0, 0.1) is 6.92 Å². The minimum Gasteiger partial charge on any atom is -0.323 e. The third-order valence-corrected chi connectivity index (χ3v) is 3.71. The van der Waals surface area contributed by atoms with Crippen LogP contribution in [0.5, 0.6) is 0 Å². The molecular weight excluding hydrogens is 242 g/mol. The molecule has 2 rings (SSSR count). The lowest BCUT2D eigenvalue weighted by Crippen LogP contribution is -2.28. The van der Waals surface area contributed by atoms with E-state index in [1.807, 2.05) is 11.6 Å². The fraction of sp³-hybridized carbons (Fsp3) is 0.357. The number of nitrogens with zero attached hydrogens (tertiary/aromatic N) is 1. The molecule has 0 fully saturated rings. The number of rotatable bonds is 6. The molecule has 0 aliphatic heterocycles. The monoisotopic (exact) mass is 261 g/mol. The van der Waals surface area contributed by atoms with Gasteiger partial charge in [0.1, 0.15) is 0 Å². The summed E-state index contributed by atoms with van der Waals surface area (Å²) in [6.07, 6.45) is 2.82. The maximum absolute atomic E-state index is 6.13. The van der Waals surface area contributed by atoms with Gasteiger partial charge >= 0.3 is 0 Å². The van der Waals surface area contributed by atoms with E-state index >= 15 is 0 Å². The van der Waals surface area contributed by atoms with E-state index in [9.17, 15) is 0 Å². The molecule has 1 atom stereocenters. The van der Waals surface area contributed by atoms with Crippen molar-refractivity contribution in [2.24, 2.45) is 5.73 Å². The molecule has 96 valence electrons. The Morgan fingerprint density at radius 1 is 1.33 bits per heavy atom. The Balaban J connectivity index is 1.71. The van der Waals surface area contributed by atoms with E-state index in [1.165, 1.54) is 16.1 Å². The van der Waals surface area contributed by atoms with E-state index < -0.39 is 0 Å². The molecule has 2 aromatic rings. The summed E-state index contributed by atoms with van der Waals surface area (Å²) in [4.78, 5) is 4.25. The number of hydrogen-bond acceptors (Lipinski definition) is 4. The number of aromatic nitrogens is 1. The van der Waals surface area contributed by atoms with Crippen molar-refractivity contribution in [3.8, 4) is 0 Å². The minimum absolute atomic E-state index is 0.0573. The predicted octanol–water partition coefficient (Wildman–Crippen LogP) is 2.28. The van der Waals surface area contributed by atoms with Crippen molar-refractivity contribution in [3.05, 3.63) is 52.0 Å². The number of nitrogens with one attached hydrogen (secondary N) is 1. The molecule has 0 bridgehead atoms. The van der Waals surface area contributed by atoms with Gasteiger partial charge < -0.3 is 11.1 Å². The first-order valence-corrected chi connectivity index (χ1v) is 7.05. The normalized spacial score (nSPS) is 12.6. The van der Waals surface area contributed by atoms with Crippen LogP contribution < -0.4 is 11.1 Å². The summed E-state index contributed by atoms with van der Waals surface area (Å²) in [5.41, 5.74) is 8.58. The number of benzene rings is 1. The maximum Gasteiger partial charge on any atom is 0.0937 e. The quantitative estimate of drug-likeness (QED) is 0.784. The van der Waals surface area contributed by atoms with Gasteiger partial charge in [0.05, 0.1) is 5.01 Å². The predicted molar refractivity (Wildman–Crippen MR) is 76.8 cm³/mol. The van der Waals surface area contributed by atoms with Crippen molar-refractivity contribution >= 4 is 11.3 Å². The fourth-order valence-corrected chi connectivity index (χ4v) is 2.38. The number of hydrogen-bond donors (Lipinski definition) is 2. The Morgan fingerprint density at radius 3 is 2.78 bits per heavy atom. The van der Waals surface area contributed by atoms with Gasteiger partial charge in [0.15, 0.2) is 0 Å². The van der Waals surface area contributed by atoms with Crippen LogP contribution in [0.25, 0.3) is 0 Å². The standard InChI is InChI=1S/C14H19N3S/c1-11-2-4-12(5-3-11)13(15)10-16-7-6-14-17-8-9-18-14/h2-5,8-9,13,16H,6-7,10,15H2,1H3. The lowest BCUT2D eigenvalue weighted by molar-refractivity contribution is 0.598. The Bertz CT molecular complexity index is 450. The summed E-state index contributed by atoms with van der Waals surface area (Å²) in [6.45, 7) is 3.81. The molecule has 3 nitrogen and oxygen atoms in total. The van der Waals surface area contributed by atoms with Gasteiger partial charge in [0.2, 0.25) is 0 Å². The lowest BCUT2D eigenvalue weighted by atomic mass is 10.1. The average molecular weight is 261 g/mol. The maximum atomic E-state index is 6.13. The van der Waals surface area contributed by atoms with E-state index in [1.54, 1.807) is 11.3 Å². The summed E-state index contributed by atoms with van der Waals surface area (Å²) in [5, 5.41) is 6.56. The summed E-state index contributed by atoms with van der Waals surface area (Å²) >= 11 is 1.70. The van der Waals surface area contributed by atoms with Crippen LogP contribution in [0.3, 0.4) is 0 Å². The topological polar surface area (TPSA) is 50.9 Å². The second kappa shape index (κ2) is 6.64. The molecule has 1 unspecified atom stereocenters. The molecule has 0 amide bonds. The van der Waals surface area contributed by atoms with Gasteiger partial charge in [-0.05, 0) is 12.5 Å². The second-order valence-corrected chi connectivity index (χ2v) is 5.38. The Kier molecular flexibility index (Phi) is 4.87. The van der Waals surface area contributed by atoms with Gasteiger partial charge in [-0.3, -0.25) is 0 Å². The van der Waals surface area contributed by atoms with Gasteiger partial charge in [-0.2, -0.15) is 0 Å². The Labute approximate surface area is 112 Å². The Morgan fingerprint density at radius 2 is 2.11 bits per heavy atom.